The summed E-state index contributed by atoms with van der Waals surface area (Å²) in [6.45, 7) is 5.34. The van der Waals surface area contributed by atoms with Crippen LogP contribution in [-0.2, 0) is 9.59 Å². The van der Waals surface area contributed by atoms with Crippen LogP contribution in [-0.4, -0.2) is 25.8 Å². The highest BCUT2D eigenvalue weighted by Gasteiger charge is 2.06. The summed E-state index contributed by atoms with van der Waals surface area (Å²) in [6, 6.07) is 14.9. The van der Waals surface area contributed by atoms with Crippen molar-refractivity contribution in [3.05, 3.63) is 70.8 Å². The van der Waals surface area contributed by atoms with Gasteiger partial charge in [0.15, 0.2) is 12.6 Å². The van der Waals surface area contributed by atoms with Gasteiger partial charge in [0.1, 0.15) is 11.5 Å². The lowest BCUT2D eigenvalue weighted by atomic mass is 10.0. The minimum absolute atomic E-state index is 0.308. The molecule has 4 nitrogen and oxygen atoms in total. The van der Waals surface area contributed by atoms with Crippen LogP contribution in [0.5, 0.6) is 11.5 Å². The second kappa shape index (κ2) is 11.5. The van der Waals surface area contributed by atoms with Crippen molar-refractivity contribution in [1.82, 2.24) is 0 Å². The van der Waals surface area contributed by atoms with Gasteiger partial charge in [-0.25, -0.2) is 0 Å². The Balaban J connectivity index is 2.30. The molecule has 0 aliphatic heterocycles. The molecule has 0 radical (unpaired) electrons. The van der Waals surface area contributed by atoms with E-state index in [1.54, 1.807) is 12.2 Å². The standard InChI is InChI=1S/C24H26O4/c1-3-11-27-23-9-5-7-19(15-23)13-21(17-25)22(18-26)14-20-8-6-10-24(16-20)28-12-4-2/h5-10,13-18H,3-4,11-12H2,1-2H3. The number of benzene rings is 2. The highest BCUT2D eigenvalue weighted by molar-refractivity contribution is 6.02. The molecule has 2 rings (SSSR count). The van der Waals surface area contributed by atoms with Gasteiger partial charge in [-0.15, -0.1) is 0 Å². The van der Waals surface area contributed by atoms with E-state index in [4.69, 9.17) is 9.47 Å². The third-order valence-corrected chi connectivity index (χ3v) is 3.89. The molecule has 0 fully saturated rings. The number of aldehydes is 2. The molecule has 0 aliphatic rings. The molecule has 0 saturated carbocycles. The number of rotatable bonds is 11. The van der Waals surface area contributed by atoms with Gasteiger partial charge in [-0.1, -0.05) is 38.1 Å². The average molecular weight is 378 g/mol. The first-order valence-corrected chi connectivity index (χ1v) is 9.50. The second-order valence-corrected chi connectivity index (χ2v) is 6.28. The average Bonchev–Trinajstić information content (AvgIpc) is 2.73. The maximum atomic E-state index is 11.6. The first-order chi connectivity index (χ1) is 13.7. The number of carbonyl (C=O) groups excluding carboxylic acids is 2. The highest BCUT2D eigenvalue weighted by Crippen LogP contribution is 2.21. The molecule has 0 amide bonds. The summed E-state index contributed by atoms with van der Waals surface area (Å²) in [5.41, 5.74) is 2.21. The van der Waals surface area contributed by atoms with E-state index in [2.05, 4.69) is 0 Å². The zero-order valence-corrected chi connectivity index (χ0v) is 16.4. The second-order valence-electron chi connectivity index (χ2n) is 6.28. The Kier molecular flexibility index (Phi) is 8.73. The lowest BCUT2D eigenvalue weighted by molar-refractivity contribution is -0.107. The number of allylic oxidation sites excluding steroid dienone is 2. The van der Waals surface area contributed by atoms with E-state index in [1.807, 2.05) is 62.4 Å². The fraction of sp³-hybridized carbons (Fsp3) is 0.250. The van der Waals surface area contributed by atoms with Crippen LogP contribution in [0, 0.1) is 0 Å². The third kappa shape index (κ3) is 6.54. The number of hydrogen-bond donors (Lipinski definition) is 0. The van der Waals surface area contributed by atoms with Crippen molar-refractivity contribution >= 4 is 24.7 Å². The van der Waals surface area contributed by atoms with Gasteiger partial charge in [0, 0.05) is 11.1 Å². The van der Waals surface area contributed by atoms with E-state index < -0.39 is 0 Å². The molecule has 0 aliphatic carbocycles. The number of carbonyl (C=O) groups is 2. The van der Waals surface area contributed by atoms with Crippen LogP contribution in [0.2, 0.25) is 0 Å². The van der Waals surface area contributed by atoms with Crippen LogP contribution in [0.4, 0.5) is 0 Å². The van der Waals surface area contributed by atoms with Crippen molar-refractivity contribution in [2.45, 2.75) is 26.7 Å². The fourth-order valence-corrected chi connectivity index (χ4v) is 2.56. The van der Waals surface area contributed by atoms with Gasteiger partial charge in [-0.2, -0.15) is 0 Å². The molecule has 2 aromatic rings. The van der Waals surface area contributed by atoms with Gasteiger partial charge >= 0.3 is 0 Å². The summed E-state index contributed by atoms with van der Waals surface area (Å²) >= 11 is 0. The maximum Gasteiger partial charge on any atom is 0.150 e. The Labute approximate surface area is 166 Å². The fourth-order valence-electron chi connectivity index (χ4n) is 2.56. The van der Waals surface area contributed by atoms with E-state index in [0.717, 1.165) is 35.5 Å². The van der Waals surface area contributed by atoms with E-state index in [1.165, 1.54) is 0 Å². The smallest absolute Gasteiger partial charge is 0.150 e. The molecule has 146 valence electrons. The van der Waals surface area contributed by atoms with E-state index in [-0.39, 0.29) is 0 Å². The monoisotopic (exact) mass is 378 g/mol. The Bertz CT molecular complexity index is 778. The minimum Gasteiger partial charge on any atom is -0.494 e. The van der Waals surface area contributed by atoms with Crippen LogP contribution >= 0.6 is 0 Å². The van der Waals surface area contributed by atoms with Crippen molar-refractivity contribution in [2.24, 2.45) is 0 Å². The van der Waals surface area contributed by atoms with E-state index in [9.17, 15) is 9.59 Å². The van der Waals surface area contributed by atoms with Gasteiger partial charge in [-0.3, -0.25) is 9.59 Å². The summed E-state index contributed by atoms with van der Waals surface area (Å²) < 4.78 is 11.2. The largest absolute Gasteiger partial charge is 0.494 e. The van der Waals surface area contributed by atoms with Gasteiger partial charge in [0.2, 0.25) is 0 Å². The first kappa shape index (κ1) is 21.2. The lowest BCUT2D eigenvalue weighted by Gasteiger charge is -2.07. The molecular weight excluding hydrogens is 352 g/mol. The third-order valence-electron chi connectivity index (χ3n) is 3.89. The molecule has 4 heteroatoms. The SMILES string of the molecule is CCCOc1cccc(C=C(C=O)C(C=O)=Cc2cccc(OCCC)c2)c1. The Hall–Kier alpha value is -3.14. The van der Waals surface area contributed by atoms with Gasteiger partial charge < -0.3 is 9.47 Å². The molecule has 0 bridgehead atoms. The number of ether oxygens (including phenoxy) is 2. The van der Waals surface area contributed by atoms with Crippen molar-refractivity contribution in [2.75, 3.05) is 13.2 Å². The van der Waals surface area contributed by atoms with Crippen molar-refractivity contribution in [3.63, 3.8) is 0 Å². The number of hydrogen-bond acceptors (Lipinski definition) is 4. The quantitative estimate of drug-likeness (QED) is 0.309. The zero-order valence-electron chi connectivity index (χ0n) is 16.4. The van der Waals surface area contributed by atoms with Crippen LogP contribution < -0.4 is 9.47 Å². The lowest BCUT2D eigenvalue weighted by Crippen LogP contribution is -1.96. The van der Waals surface area contributed by atoms with Gasteiger partial charge in [-0.05, 0) is 60.4 Å². The molecule has 0 atom stereocenters. The Morgan fingerprint density at radius 1 is 0.750 bits per heavy atom. The van der Waals surface area contributed by atoms with Crippen LogP contribution in [0.1, 0.15) is 37.8 Å². The summed E-state index contributed by atoms with van der Waals surface area (Å²) in [5.74, 6) is 1.47. The van der Waals surface area contributed by atoms with Gasteiger partial charge in [0.05, 0.1) is 13.2 Å². The zero-order chi connectivity index (χ0) is 20.2. The molecule has 0 saturated heterocycles. The molecule has 0 heterocycles. The van der Waals surface area contributed by atoms with Crippen molar-refractivity contribution < 1.29 is 19.1 Å². The molecule has 0 spiro atoms. The van der Waals surface area contributed by atoms with Crippen LogP contribution in [0.25, 0.3) is 12.2 Å². The normalized spacial score (nSPS) is 11.8. The molecule has 0 unspecified atom stereocenters. The summed E-state index contributed by atoms with van der Waals surface area (Å²) in [4.78, 5) is 23.3. The summed E-state index contributed by atoms with van der Waals surface area (Å²) in [5, 5.41) is 0. The minimum atomic E-state index is 0.308. The van der Waals surface area contributed by atoms with Gasteiger partial charge in [0.25, 0.3) is 0 Å². The van der Waals surface area contributed by atoms with Crippen molar-refractivity contribution in [1.29, 1.82) is 0 Å². The van der Waals surface area contributed by atoms with E-state index in [0.29, 0.717) is 36.9 Å². The van der Waals surface area contributed by atoms with Crippen LogP contribution in [0.3, 0.4) is 0 Å². The molecule has 2 aromatic carbocycles. The summed E-state index contributed by atoms with van der Waals surface area (Å²) in [6.07, 6.45) is 6.58. The molecular formula is C24H26O4. The predicted molar refractivity (Wildman–Crippen MR) is 113 cm³/mol. The molecule has 0 N–H and O–H groups in total. The molecule has 28 heavy (non-hydrogen) atoms. The maximum absolute atomic E-state index is 11.6. The highest BCUT2D eigenvalue weighted by atomic mass is 16.5. The first-order valence-electron chi connectivity index (χ1n) is 9.50. The Morgan fingerprint density at radius 2 is 1.18 bits per heavy atom. The van der Waals surface area contributed by atoms with Crippen LogP contribution in [0.15, 0.2) is 59.7 Å². The summed E-state index contributed by atoms with van der Waals surface area (Å²) in [7, 11) is 0. The predicted octanol–water partition coefficient (Wildman–Crippen LogP) is 5.13. The van der Waals surface area contributed by atoms with Crippen molar-refractivity contribution in [3.8, 4) is 11.5 Å². The van der Waals surface area contributed by atoms with E-state index >= 15 is 0 Å². The molecule has 0 aromatic heterocycles. The topological polar surface area (TPSA) is 52.6 Å². The Morgan fingerprint density at radius 3 is 1.54 bits per heavy atom.